The molecule has 1 aromatic rings. The van der Waals surface area contributed by atoms with Gasteiger partial charge in [0.2, 0.25) is 5.91 Å². The number of nitrogens with zero attached hydrogens (tertiary/aromatic N) is 1. The largest absolute Gasteiger partial charge is 0.450 e. The van der Waals surface area contributed by atoms with Gasteiger partial charge in [-0.25, -0.2) is 4.79 Å². The van der Waals surface area contributed by atoms with Crippen LogP contribution in [0.1, 0.15) is 30.4 Å². The Kier molecular flexibility index (Phi) is 3.55. The number of rotatable bonds is 2. The molecule has 24 heavy (non-hydrogen) atoms. The summed E-state index contributed by atoms with van der Waals surface area (Å²) in [6.07, 6.45) is 0.192. The highest BCUT2D eigenvalue weighted by Gasteiger charge is 2.67. The van der Waals surface area contributed by atoms with Gasteiger partial charge in [-0.3, -0.25) is 4.79 Å². The normalized spacial score (nSPS) is 34.8. The van der Waals surface area contributed by atoms with Crippen molar-refractivity contribution in [2.24, 2.45) is 17.3 Å². The molecule has 0 aromatic heterocycles. The Morgan fingerprint density at radius 1 is 1.38 bits per heavy atom. The van der Waals surface area contributed by atoms with Crippen LogP contribution in [0, 0.1) is 24.2 Å². The van der Waals surface area contributed by atoms with Crippen LogP contribution in [0.2, 0.25) is 0 Å². The highest BCUT2D eigenvalue weighted by molar-refractivity contribution is 5.81. The zero-order valence-corrected chi connectivity index (χ0v) is 14.2. The SMILES string of the molecule is Cc1ccccc1[C@H]1[C@@H]2CN(C(=O)[C@@H]3CCOC(=O)NC3)C[C@@]21C. The molecule has 2 amide bonds. The van der Waals surface area contributed by atoms with Gasteiger partial charge in [-0.15, -0.1) is 0 Å². The maximum atomic E-state index is 12.8. The molecular formula is C19H24N2O3. The first-order chi connectivity index (χ1) is 11.5. The smallest absolute Gasteiger partial charge is 0.407 e. The third-order valence-corrected chi connectivity index (χ3v) is 6.18. The van der Waals surface area contributed by atoms with Crippen LogP contribution in [0.4, 0.5) is 4.79 Å². The van der Waals surface area contributed by atoms with Crippen molar-refractivity contribution in [3.8, 4) is 0 Å². The van der Waals surface area contributed by atoms with Crippen molar-refractivity contribution >= 4 is 12.0 Å². The van der Waals surface area contributed by atoms with Gasteiger partial charge in [0.05, 0.1) is 12.5 Å². The number of fused-ring (bicyclic) bond motifs is 1. The Morgan fingerprint density at radius 3 is 2.88 bits per heavy atom. The monoisotopic (exact) mass is 328 g/mol. The molecule has 3 aliphatic rings. The third-order valence-electron chi connectivity index (χ3n) is 6.18. The molecule has 3 fully saturated rings. The first-order valence-corrected chi connectivity index (χ1v) is 8.75. The van der Waals surface area contributed by atoms with E-state index in [1.54, 1.807) is 0 Å². The van der Waals surface area contributed by atoms with Crippen LogP contribution in [0.3, 0.4) is 0 Å². The summed E-state index contributed by atoms with van der Waals surface area (Å²) in [6.45, 7) is 6.84. The molecule has 2 saturated heterocycles. The Labute approximate surface area is 142 Å². The van der Waals surface area contributed by atoms with Crippen molar-refractivity contribution in [3.63, 3.8) is 0 Å². The number of ether oxygens (including phenoxy) is 1. The number of nitrogens with one attached hydrogen (secondary N) is 1. The maximum absolute atomic E-state index is 12.8. The summed E-state index contributed by atoms with van der Waals surface area (Å²) in [6, 6.07) is 8.59. The fourth-order valence-electron chi connectivity index (χ4n) is 4.70. The average molecular weight is 328 g/mol. The highest BCUT2D eigenvalue weighted by atomic mass is 16.5. The predicted octanol–water partition coefficient (Wildman–Crippen LogP) is 2.30. The number of likely N-dealkylation sites (tertiary alicyclic amines) is 1. The fourth-order valence-corrected chi connectivity index (χ4v) is 4.70. The average Bonchev–Trinajstić information content (AvgIpc) is 3.06. The molecule has 2 aliphatic heterocycles. The summed E-state index contributed by atoms with van der Waals surface area (Å²) in [5.41, 5.74) is 2.98. The zero-order valence-electron chi connectivity index (χ0n) is 14.2. The minimum absolute atomic E-state index is 0.158. The molecule has 4 atom stereocenters. The van der Waals surface area contributed by atoms with Crippen LogP contribution < -0.4 is 5.32 Å². The van der Waals surface area contributed by atoms with E-state index in [-0.39, 0.29) is 17.2 Å². The number of piperidine rings is 1. The van der Waals surface area contributed by atoms with Crippen LogP contribution in [-0.4, -0.2) is 43.1 Å². The van der Waals surface area contributed by atoms with E-state index in [4.69, 9.17) is 4.74 Å². The summed E-state index contributed by atoms with van der Waals surface area (Å²) in [4.78, 5) is 26.1. The van der Waals surface area contributed by atoms with Crippen LogP contribution >= 0.6 is 0 Å². The van der Waals surface area contributed by atoms with Crippen molar-refractivity contribution in [2.75, 3.05) is 26.2 Å². The zero-order chi connectivity index (χ0) is 16.9. The lowest BCUT2D eigenvalue weighted by atomic mass is 9.96. The number of alkyl carbamates (subject to hydrolysis) is 1. The van der Waals surface area contributed by atoms with E-state index in [1.165, 1.54) is 11.1 Å². The Hall–Kier alpha value is -2.04. The molecular weight excluding hydrogens is 304 g/mol. The molecule has 0 spiro atoms. The summed E-state index contributed by atoms with van der Waals surface area (Å²) >= 11 is 0. The molecule has 0 radical (unpaired) electrons. The molecule has 5 heteroatoms. The molecule has 128 valence electrons. The Bertz CT molecular complexity index is 689. The van der Waals surface area contributed by atoms with Gasteiger partial charge in [-0.1, -0.05) is 31.2 Å². The van der Waals surface area contributed by atoms with E-state index in [2.05, 4.69) is 43.4 Å². The number of aryl methyl sites for hydroxylation is 1. The van der Waals surface area contributed by atoms with Crippen LogP contribution in [0.5, 0.6) is 0 Å². The van der Waals surface area contributed by atoms with Gasteiger partial charge in [-0.2, -0.15) is 0 Å². The first kappa shape index (κ1) is 15.5. The lowest BCUT2D eigenvalue weighted by Gasteiger charge is -2.26. The van der Waals surface area contributed by atoms with Gasteiger partial charge < -0.3 is 15.0 Å². The van der Waals surface area contributed by atoms with Gasteiger partial charge in [0, 0.05) is 19.6 Å². The summed E-state index contributed by atoms with van der Waals surface area (Å²) < 4.78 is 4.96. The predicted molar refractivity (Wildman–Crippen MR) is 89.6 cm³/mol. The van der Waals surface area contributed by atoms with Gasteiger partial charge in [-0.05, 0) is 41.7 Å². The second-order valence-electron chi connectivity index (χ2n) is 7.67. The van der Waals surface area contributed by atoms with Crippen LogP contribution in [0.25, 0.3) is 0 Å². The second kappa shape index (κ2) is 5.50. The minimum atomic E-state index is -0.416. The summed E-state index contributed by atoms with van der Waals surface area (Å²) in [5.74, 6) is 1.13. The minimum Gasteiger partial charge on any atom is -0.450 e. The van der Waals surface area contributed by atoms with Crippen molar-refractivity contribution < 1.29 is 14.3 Å². The Balaban J connectivity index is 1.43. The number of carbonyl (C=O) groups excluding carboxylic acids is 2. The number of hydrogen-bond acceptors (Lipinski definition) is 3. The van der Waals surface area contributed by atoms with Crippen LogP contribution in [-0.2, 0) is 9.53 Å². The van der Waals surface area contributed by atoms with E-state index >= 15 is 0 Å². The first-order valence-electron chi connectivity index (χ1n) is 8.75. The van der Waals surface area contributed by atoms with Gasteiger partial charge in [0.15, 0.2) is 0 Å². The van der Waals surface area contributed by atoms with Crippen molar-refractivity contribution in [1.82, 2.24) is 10.2 Å². The standard InChI is InChI=1S/C19H24N2O3/c1-12-5-3-4-6-14(12)16-15-10-21(11-19(15,16)2)17(22)13-7-8-24-18(23)20-9-13/h3-6,13,15-16H,7-11H2,1-2H3,(H,20,23)/t13-,15+,16+,19+/m1/s1. The highest BCUT2D eigenvalue weighted by Crippen LogP contribution is 2.68. The lowest BCUT2D eigenvalue weighted by molar-refractivity contribution is -0.135. The number of hydrogen-bond donors (Lipinski definition) is 1. The van der Waals surface area contributed by atoms with Gasteiger partial charge >= 0.3 is 6.09 Å². The molecule has 1 saturated carbocycles. The Morgan fingerprint density at radius 2 is 2.17 bits per heavy atom. The molecule has 4 rings (SSSR count). The van der Waals surface area contributed by atoms with Crippen molar-refractivity contribution in [3.05, 3.63) is 35.4 Å². The van der Waals surface area contributed by atoms with E-state index in [0.29, 0.717) is 31.4 Å². The molecule has 1 aromatic carbocycles. The van der Waals surface area contributed by atoms with Crippen molar-refractivity contribution in [1.29, 1.82) is 0 Å². The second-order valence-corrected chi connectivity index (χ2v) is 7.67. The topological polar surface area (TPSA) is 58.6 Å². The fraction of sp³-hybridized carbons (Fsp3) is 0.579. The van der Waals surface area contributed by atoms with Gasteiger partial charge in [0.1, 0.15) is 0 Å². The summed E-state index contributed by atoms with van der Waals surface area (Å²) in [5, 5.41) is 2.66. The van der Waals surface area contributed by atoms with Gasteiger partial charge in [0.25, 0.3) is 0 Å². The van der Waals surface area contributed by atoms with E-state index in [1.807, 2.05) is 4.90 Å². The molecule has 2 heterocycles. The maximum Gasteiger partial charge on any atom is 0.407 e. The number of amides is 2. The van der Waals surface area contributed by atoms with Crippen LogP contribution in [0.15, 0.2) is 24.3 Å². The lowest BCUT2D eigenvalue weighted by Crippen LogP contribution is -2.41. The number of benzene rings is 1. The van der Waals surface area contributed by atoms with Crippen molar-refractivity contribution in [2.45, 2.75) is 26.2 Å². The molecule has 0 bridgehead atoms. The quantitative estimate of drug-likeness (QED) is 0.906. The molecule has 5 nitrogen and oxygen atoms in total. The number of carbonyl (C=O) groups is 2. The van der Waals surface area contributed by atoms with E-state index in [9.17, 15) is 9.59 Å². The van der Waals surface area contributed by atoms with E-state index < -0.39 is 6.09 Å². The third kappa shape index (κ3) is 2.38. The number of cyclic esters (lactones) is 1. The molecule has 1 N–H and O–H groups in total. The molecule has 0 unspecified atom stereocenters. The molecule has 1 aliphatic carbocycles. The summed E-state index contributed by atoms with van der Waals surface area (Å²) in [7, 11) is 0. The van der Waals surface area contributed by atoms with E-state index in [0.717, 1.165) is 13.1 Å².